The summed E-state index contributed by atoms with van der Waals surface area (Å²) in [5.41, 5.74) is 0.352. The molecule has 0 radical (unpaired) electrons. The van der Waals surface area contributed by atoms with E-state index in [0.717, 1.165) is 0 Å². The topological polar surface area (TPSA) is 99.0 Å². The lowest BCUT2D eigenvalue weighted by atomic mass is 10.2. The Kier molecular flexibility index (Phi) is 4.49. The fourth-order valence-electron chi connectivity index (χ4n) is 2.67. The zero-order chi connectivity index (χ0) is 18.0. The largest absolute Gasteiger partial charge is 0.454 e. The third kappa shape index (κ3) is 3.36. The average molecular weight is 364 g/mol. The number of nitro groups is 1. The van der Waals surface area contributed by atoms with Crippen molar-refractivity contribution in [1.29, 1.82) is 0 Å². The molecule has 25 heavy (non-hydrogen) atoms. The van der Waals surface area contributed by atoms with E-state index in [-0.39, 0.29) is 24.6 Å². The van der Waals surface area contributed by atoms with Crippen LogP contribution < -0.4 is 13.8 Å². The van der Waals surface area contributed by atoms with Crippen LogP contribution in [0.2, 0.25) is 0 Å². The van der Waals surface area contributed by atoms with Gasteiger partial charge in [0.05, 0.1) is 10.6 Å². The van der Waals surface area contributed by atoms with Crippen LogP contribution in [0.5, 0.6) is 11.5 Å². The third-order valence-electron chi connectivity index (χ3n) is 3.79. The summed E-state index contributed by atoms with van der Waals surface area (Å²) in [6.45, 7) is 1.97. The Morgan fingerprint density at radius 2 is 1.88 bits per heavy atom. The van der Waals surface area contributed by atoms with Gasteiger partial charge in [0.25, 0.3) is 5.69 Å². The smallest absolute Gasteiger partial charge is 0.273 e. The number of ether oxygens (including phenoxy) is 2. The molecule has 3 rings (SSSR count). The standard InChI is InChI=1S/C16H16N2O6S/c1-2-17(13-7-8-15-16(9-13)24-11-23-15)25(21,22)10-12-5-3-4-6-14(12)18(19)20/h3-9H,2,10-11H2,1H3. The SMILES string of the molecule is CCN(c1ccc2c(c1)OCO2)S(=O)(=O)Cc1ccccc1[N+](=O)[O-]. The summed E-state index contributed by atoms with van der Waals surface area (Å²) in [5.74, 6) is 0.555. The van der Waals surface area contributed by atoms with Crippen molar-refractivity contribution >= 4 is 21.4 Å². The van der Waals surface area contributed by atoms with Crippen LogP contribution in [-0.2, 0) is 15.8 Å². The van der Waals surface area contributed by atoms with Crippen molar-refractivity contribution in [2.24, 2.45) is 0 Å². The maximum Gasteiger partial charge on any atom is 0.273 e. The summed E-state index contributed by atoms with van der Waals surface area (Å²) in [6, 6.07) is 10.7. The van der Waals surface area contributed by atoms with Crippen LogP contribution in [0, 0.1) is 10.1 Å². The van der Waals surface area contributed by atoms with Gasteiger partial charge in [-0.1, -0.05) is 18.2 Å². The predicted octanol–water partition coefficient (Wildman–Crippen LogP) is 2.68. The summed E-state index contributed by atoms with van der Waals surface area (Å²) in [7, 11) is -3.82. The van der Waals surface area contributed by atoms with Crippen molar-refractivity contribution < 1.29 is 22.8 Å². The van der Waals surface area contributed by atoms with Gasteiger partial charge in [0.2, 0.25) is 16.8 Å². The van der Waals surface area contributed by atoms with E-state index in [1.54, 1.807) is 31.2 Å². The van der Waals surface area contributed by atoms with Crippen LogP contribution in [-0.4, -0.2) is 26.7 Å². The Morgan fingerprint density at radius 1 is 1.16 bits per heavy atom. The van der Waals surface area contributed by atoms with Gasteiger partial charge in [0, 0.05) is 24.2 Å². The first-order valence-corrected chi connectivity index (χ1v) is 9.15. The Morgan fingerprint density at radius 3 is 2.60 bits per heavy atom. The number of nitrogens with zero attached hydrogens (tertiary/aromatic N) is 2. The highest BCUT2D eigenvalue weighted by molar-refractivity contribution is 7.92. The van der Waals surface area contributed by atoms with E-state index in [2.05, 4.69) is 0 Å². The van der Waals surface area contributed by atoms with Crippen molar-refractivity contribution in [3.8, 4) is 11.5 Å². The minimum absolute atomic E-state index is 0.0911. The van der Waals surface area contributed by atoms with Gasteiger partial charge in [-0.05, 0) is 19.1 Å². The zero-order valence-corrected chi connectivity index (χ0v) is 14.2. The molecule has 1 aliphatic rings. The minimum Gasteiger partial charge on any atom is -0.454 e. The second-order valence-electron chi connectivity index (χ2n) is 5.34. The molecule has 0 aliphatic carbocycles. The Labute approximate surface area is 144 Å². The second kappa shape index (κ2) is 6.60. The number of sulfonamides is 1. The molecule has 9 heteroatoms. The van der Waals surface area contributed by atoms with Gasteiger partial charge in [-0.25, -0.2) is 8.42 Å². The first-order chi connectivity index (χ1) is 11.9. The van der Waals surface area contributed by atoms with Gasteiger partial charge in [0.15, 0.2) is 11.5 Å². The number of hydrogen-bond acceptors (Lipinski definition) is 6. The summed E-state index contributed by atoms with van der Waals surface area (Å²) >= 11 is 0. The van der Waals surface area contributed by atoms with Crippen LogP contribution >= 0.6 is 0 Å². The van der Waals surface area contributed by atoms with Crippen molar-refractivity contribution in [2.45, 2.75) is 12.7 Å². The van der Waals surface area contributed by atoms with E-state index in [1.165, 1.54) is 22.5 Å². The average Bonchev–Trinajstić information content (AvgIpc) is 3.03. The van der Waals surface area contributed by atoms with Gasteiger partial charge in [-0.15, -0.1) is 0 Å². The van der Waals surface area contributed by atoms with Gasteiger partial charge in [-0.2, -0.15) is 0 Å². The second-order valence-corrected chi connectivity index (χ2v) is 7.24. The molecule has 0 unspecified atom stereocenters. The highest BCUT2D eigenvalue weighted by Gasteiger charge is 2.27. The molecule has 0 saturated heterocycles. The molecule has 2 aromatic carbocycles. The molecule has 1 aliphatic heterocycles. The van der Waals surface area contributed by atoms with E-state index in [9.17, 15) is 18.5 Å². The molecule has 0 amide bonds. The normalized spacial score (nSPS) is 12.8. The van der Waals surface area contributed by atoms with Crippen LogP contribution in [0.25, 0.3) is 0 Å². The molecule has 8 nitrogen and oxygen atoms in total. The molecule has 0 bridgehead atoms. The van der Waals surface area contributed by atoms with Gasteiger partial charge in [0.1, 0.15) is 5.75 Å². The molecule has 0 N–H and O–H groups in total. The van der Waals surface area contributed by atoms with Gasteiger partial charge in [-0.3, -0.25) is 14.4 Å². The third-order valence-corrected chi connectivity index (χ3v) is 5.61. The van der Waals surface area contributed by atoms with Crippen LogP contribution in [0.15, 0.2) is 42.5 Å². The summed E-state index contributed by atoms with van der Waals surface area (Å²) in [6.07, 6.45) is 0. The zero-order valence-electron chi connectivity index (χ0n) is 13.4. The summed E-state index contributed by atoms with van der Waals surface area (Å²) in [5, 5.41) is 11.1. The number of fused-ring (bicyclic) bond motifs is 1. The van der Waals surface area contributed by atoms with Crippen LogP contribution in [0.4, 0.5) is 11.4 Å². The predicted molar refractivity (Wildman–Crippen MR) is 91.3 cm³/mol. The first kappa shape index (κ1) is 17.0. The highest BCUT2D eigenvalue weighted by Crippen LogP contribution is 2.36. The van der Waals surface area contributed by atoms with Crippen LogP contribution in [0.1, 0.15) is 12.5 Å². The molecule has 1 heterocycles. The number of nitro benzene ring substituents is 1. The van der Waals surface area contributed by atoms with Crippen molar-refractivity contribution in [1.82, 2.24) is 0 Å². The lowest BCUT2D eigenvalue weighted by molar-refractivity contribution is -0.385. The van der Waals surface area contributed by atoms with Crippen molar-refractivity contribution in [3.63, 3.8) is 0 Å². The summed E-state index contributed by atoms with van der Waals surface area (Å²) in [4.78, 5) is 10.5. The fourth-order valence-corrected chi connectivity index (χ4v) is 4.29. The Hall–Kier alpha value is -2.81. The van der Waals surface area contributed by atoms with E-state index >= 15 is 0 Å². The van der Waals surface area contributed by atoms with Crippen LogP contribution in [0.3, 0.4) is 0 Å². The number of benzene rings is 2. The fraction of sp³-hybridized carbons (Fsp3) is 0.250. The number of rotatable bonds is 6. The number of anilines is 1. The number of para-hydroxylation sites is 1. The molecule has 0 atom stereocenters. The molecule has 2 aromatic rings. The molecule has 0 saturated carbocycles. The minimum atomic E-state index is -3.82. The molecule has 0 spiro atoms. The van der Waals surface area contributed by atoms with E-state index in [0.29, 0.717) is 17.2 Å². The Bertz CT molecular complexity index is 913. The summed E-state index contributed by atoms with van der Waals surface area (Å²) < 4.78 is 37.4. The van der Waals surface area contributed by atoms with E-state index in [4.69, 9.17) is 9.47 Å². The Balaban J connectivity index is 1.94. The lowest BCUT2D eigenvalue weighted by Crippen LogP contribution is -2.32. The van der Waals surface area contributed by atoms with Crippen molar-refractivity contribution in [3.05, 3.63) is 58.1 Å². The maximum absolute atomic E-state index is 12.8. The maximum atomic E-state index is 12.8. The first-order valence-electron chi connectivity index (χ1n) is 7.54. The molecule has 0 fully saturated rings. The van der Waals surface area contributed by atoms with E-state index < -0.39 is 20.7 Å². The van der Waals surface area contributed by atoms with Gasteiger partial charge < -0.3 is 9.47 Å². The lowest BCUT2D eigenvalue weighted by Gasteiger charge is -2.23. The monoisotopic (exact) mass is 364 g/mol. The van der Waals surface area contributed by atoms with Crippen molar-refractivity contribution in [2.75, 3.05) is 17.6 Å². The van der Waals surface area contributed by atoms with Gasteiger partial charge >= 0.3 is 0 Å². The number of hydrogen-bond donors (Lipinski definition) is 0. The quantitative estimate of drug-likeness (QED) is 0.577. The molecular weight excluding hydrogens is 348 g/mol. The highest BCUT2D eigenvalue weighted by atomic mass is 32.2. The molecule has 132 valence electrons. The van der Waals surface area contributed by atoms with E-state index in [1.807, 2.05) is 0 Å². The molecular formula is C16H16N2O6S. The molecule has 0 aromatic heterocycles.